The maximum atomic E-state index is 11.6. The number of rotatable bonds is 2. The van der Waals surface area contributed by atoms with Gasteiger partial charge in [0.2, 0.25) is 0 Å². The van der Waals surface area contributed by atoms with Gasteiger partial charge in [-0.1, -0.05) is 17.9 Å². The first-order valence-electron chi connectivity index (χ1n) is 7.13. The van der Waals surface area contributed by atoms with Gasteiger partial charge in [-0.05, 0) is 32.9 Å². The number of esters is 2. The first-order chi connectivity index (χ1) is 10.8. The second kappa shape index (κ2) is 6.53. The lowest BCUT2D eigenvalue weighted by atomic mass is 10.0. The lowest BCUT2D eigenvalue weighted by Crippen LogP contribution is -2.32. The smallest absolute Gasteiger partial charge is 0.407 e. The van der Waals surface area contributed by atoms with Crippen LogP contribution >= 0.6 is 0 Å². The average Bonchev–Trinajstić information content (AvgIpc) is 2.72. The highest BCUT2D eigenvalue weighted by atomic mass is 16.6. The van der Waals surface area contributed by atoms with Crippen LogP contribution in [0, 0.1) is 11.8 Å². The molecular formula is C17H17NO5. The normalized spacial score (nSPS) is 12.8. The maximum absolute atomic E-state index is 11.6. The summed E-state index contributed by atoms with van der Waals surface area (Å²) in [7, 11) is 0. The van der Waals surface area contributed by atoms with Gasteiger partial charge in [-0.15, -0.1) is 0 Å². The summed E-state index contributed by atoms with van der Waals surface area (Å²) in [6.07, 6.45) is -0.125. The molecule has 0 bridgehead atoms. The number of nitrogens with one attached hydrogen (secondary N) is 1. The standard InChI is InChI=1S/C17H17NO5/c1-17(2,3)23-16(21)18-10-5-4-7-11-8-6-9-12-13(11)15(20)22-14(12)19/h6,8-9H,5,10H2,1-3H3,(H,18,21). The zero-order valence-corrected chi connectivity index (χ0v) is 13.2. The van der Waals surface area contributed by atoms with Crippen LogP contribution < -0.4 is 5.32 Å². The quantitative estimate of drug-likeness (QED) is 0.392. The van der Waals surface area contributed by atoms with Gasteiger partial charge in [0.1, 0.15) is 5.60 Å². The third-order valence-electron chi connectivity index (χ3n) is 2.82. The Kier molecular flexibility index (Phi) is 4.70. The van der Waals surface area contributed by atoms with Gasteiger partial charge in [0.15, 0.2) is 0 Å². The topological polar surface area (TPSA) is 81.7 Å². The Bertz CT molecular complexity index is 719. The van der Waals surface area contributed by atoms with Crippen LogP contribution in [-0.2, 0) is 9.47 Å². The zero-order valence-electron chi connectivity index (χ0n) is 13.2. The molecule has 1 aliphatic heterocycles. The Labute approximate surface area is 134 Å². The molecule has 0 aliphatic carbocycles. The van der Waals surface area contributed by atoms with Crippen molar-refractivity contribution in [2.24, 2.45) is 0 Å². The number of alkyl carbamates (subject to hydrolysis) is 1. The summed E-state index contributed by atoms with van der Waals surface area (Å²) in [5, 5.41) is 2.58. The van der Waals surface area contributed by atoms with Crippen molar-refractivity contribution in [2.45, 2.75) is 32.8 Å². The van der Waals surface area contributed by atoms with E-state index in [4.69, 9.17) is 4.74 Å². The molecule has 0 saturated carbocycles. The molecule has 6 heteroatoms. The molecule has 1 aliphatic rings. The minimum atomic E-state index is -0.679. The zero-order chi connectivity index (χ0) is 17.0. The molecule has 0 unspecified atom stereocenters. The number of hydrogen-bond donors (Lipinski definition) is 1. The second-order valence-electron chi connectivity index (χ2n) is 5.89. The number of amides is 1. The van der Waals surface area contributed by atoms with E-state index in [1.54, 1.807) is 32.9 Å². The van der Waals surface area contributed by atoms with Gasteiger partial charge in [-0.3, -0.25) is 0 Å². The van der Waals surface area contributed by atoms with E-state index < -0.39 is 23.6 Å². The van der Waals surface area contributed by atoms with E-state index in [0.717, 1.165) is 0 Å². The average molecular weight is 315 g/mol. The van der Waals surface area contributed by atoms with Crippen molar-refractivity contribution in [3.63, 3.8) is 0 Å². The highest BCUT2D eigenvalue weighted by Gasteiger charge is 2.31. The molecule has 0 spiro atoms. The van der Waals surface area contributed by atoms with Crippen molar-refractivity contribution < 1.29 is 23.9 Å². The van der Waals surface area contributed by atoms with Gasteiger partial charge in [-0.2, -0.15) is 0 Å². The number of carbonyl (C=O) groups is 3. The summed E-state index contributed by atoms with van der Waals surface area (Å²) in [5.41, 5.74) is 0.321. The van der Waals surface area contributed by atoms with E-state index in [9.17, 15) is 14.4 Å². The van der Waals surface area contributed by atoms with Crippen LogP contribution in [0.15, 0.2) is 18.2 Å². The Hall–Kier alpha value is -2.81. The molecule has 23 heavy (non-hydrogen) atoms. The van der Waals surface area contributed by atoms with Crippen LogP contribution in [-0.4, -0.2) is 30.2 Å². The fraction of sp³-hybridized carbons (Fsp3) is 0.353. The van der Waals surface area contributed by atoms with Gasteiger partial charge in [0.25, 0.3) is 0 Å². The van der Waals surface area contributed by atoms with Crippen molar-refractivity contribution in [1.82, 2.24) is 5.32 Å². The Morgan fingerprint density at radius 3 is 2.70 bits per heavy atom. The highest BCUT2D eigenvalue weighted by molar-refractivity contribution is 6.15. The second-order valence-corrected chi connectivity index (χ2v) is 5.89. The van der Waals surface area contributed by atoms with Crippen LogP contribution in [0.25, 0.3) is 0 Å². The Balaban J connectivity index is 1.93. The summed E-state index contributed by atoms with van der Waals surface area (Å²) in [4.78, 5) is 34.5. The van der Waals surface area contributed by atoms with Crippen molar-refractivity contribution in [1.29, 1.82) is 0 Å². The predicted octanol–water partition coefficient (Wildman–Crippen LogP) is 2.26. The molecule has 0 radical (unpaired) electrons. The van der Waals surface area contributed by atoms with Crippen LogP contribution in [0.5, 0.6) is 0 Å². The fourth-order valence-corrected chi connectivity index (χ4v) is 1.94. The molecule has 1 heterocycles. The predicted molar refractivity (Wildman–Crippen MR) is 81.9 cm³/mol. The van der Waals surface area contributed by atoms with Crippen molar-refractivity contribution in [3.8, 4) is 11.8 Å². The minimum Gasteiger partial charge on any atom is -0.444 e. The van der Waals surface area contributed by atoms with E-state index in [1.165, 1.54) is 6.07 Å². The minimum absolute atomic E-state index is 0.199. The summed E-state index contributed by atoms with van der Waals surface area (Å²) in [5.74, 6) is 4.34. The summed E-state index contributed by atoms with van der Waals surface area (Å²) >= 11 is 0. The molecular weight excluding hydrogens is 298 g/mol. The number of hydrogen-bond acceptors (Lipinski definition) is 5. The molecule has 0 fully saturated rings. The first-order valence-corrected chi connectivity index (χ1v) is 7.13. The van der Waals surface area contributed by atoms with E-state index in [-0.39, 0.29) is 11.1 Å². The molecule has 1 N–H and O–H groups in total. The van der Waals surface area contributed by atoms with E-state index in [0.29, 0.717) is 18.5 Å². The number of benzene rings is 1. The third kappa shape index (κ3) is 4.33. The number of cyclic esters (lactones) is 2. The summed E-state index contributed by atoms with van der Waals surface area (Å²) < 4.78 is 9.65. The Morgan fingerprint density at radius 1 is 1.26 bits per heavy atom. The van der Waals surface area contributed by atoms with E-state index in [1.807, 2.05) is 0 Å². The molecule has 6 nitrogen and oxygen atoms in total. The van der Waals surface area contributed by atoms with Crippen molar-refractivity contribution in [2.75, 3.05) is 6.54 Å². The molecule has 0 saturated heterocycles. The first kappa shape index (κ1) is 16.6. The van der Waals surface area contributed by atoms with Crippen molar-refractivity contribution in [3.05, 3.63) is 34.9 Å². The Morgan fingerprint density at radius 2 is 2.00 bits per heavy atom. The highest BCUT2D eigenvalue weighted by Crippen LogP contribution is 2.22. The SMILES string of the molecule is CC(C)(C)OC(=O)NCCC#Cc1cccc2c1C(=O)OC2=O. The van der Waals surface area contributed by atoms with Gasteiger partial charge in [-0.25, -0.2) is 14.4 Å². The summed E-state index contributed by atoms with van der Waals surface area (Å²) in [6, 6.07) is 4.81. The lowest BCUT2D eigenvalue weighted by molar-refractivity contribution is 0.0441. The van der Waals surface area contributed by atoms with Crippen molar-refractivity contribution >= 4 is 18.0 Å². The number of fused-ring (bicyclic) bond motifs is 1. The van der Waals surface area contributed by atoms with Gasteiger partial charge < -0.3 is 14.8 Å². The monoisotopic (exact) mass is 315 g/mol. The van der Waals surface area contributed by atoms with E-state index >= 15 is 0 Å². The van der Waals surface area contributed by atoms with Crippen LogP contribution in [0.2, 0.25) is 0 Å². The van der Waals surface area contributed by atoms with Gasteiger partial charge in [0, 0.05) is 18.5 Å². The molecule has 1 aromatic carbocycles. The fourth-order valence-electron chi connectivity index (χ4n) is 1.94. The molecule has 1 aromatic rings. The summed E-state index contributed by atoms with van der Waals surface area (Å²) in [6.45, 7) is 5.66. The van der Waals surface area contributed by atoms with Crippen LogP contribution in [0.1, 0.15) is 53.5 Å². The molecule has 1 amide bonds. The molecule has 0 aromatic heterocycles. The lowest BCUT2D eigenvalue weighted by Gasteiger charge is -2.19. The molecule has 120 valence electrons. The largest absolute Gasteiger partial charge is 0.444 e. The number of carbonyl (C=O) groups excluding carboxylic acids is 3. The third-order valence-corrected chi connectivity index (χ3v) is 2.82. The number of ether oxygens (including phenoxy) is 2. The van der Waals surface area contributed by atoms with E-state index in [2.05, 4.69) is 21.9 Å². The molecule has 2 rings (SSSR count). The van der Waals surface area contributed by atoms with Gasteiger partial charge >= 0.3 is 18.0 Å². The molecule has 0 atom stereocenters. The van der Waals surface area contributed by atoms with Crippen LogP contribution in [0.3, 0.4) is 0 Å². The van der Waals surface area contributed by atoms with Crippen LogP contribution in [0.4, 0.5) is 4.79 Å². The maximum Gasteiger partial charge on any atom is 0.407 e. The van der Waals surface area contributed by atoms with Gasteiger partial charge in [0.05, 0.1) is 11.1 Å².